The van der Waals surface area contributed by atoms with Crippen molar-refractivity contribution in [2.45, 2.75) is 13.8 Å². The summed E-state index contributed by atoms with van der Waals surface area (Å²) in [4.78, 5) is 0. The maximum absolute atomic E-state index is 5.81. The second-order valence-corrected chi connectivity index (χ2v) is 5.63. The number of halogens is 2. The molecule has 0 saturated heterocycles. The molecule has 17 heavy (non-hydrogen) atoms. The van der Waals surface area contributed by atoms with E-state index in [1.807, 2.05) is 50.2 Å². The van der Waals surface area contributed by atoms with E-state index in [1.165, 1.54) is 0 Å². The molecular weight excluding hydrogens is 344 g/mol. The predicted octanol–water partition coefficient (Wildman–Crippen LogP) is 5.62. The molecule has 0 spiro atoms. The molecule has 2 aromatic carbocycles. The first-order chi connectivity index (χ1) is 8.06. The molecule has 0 aromatic heterocycles. The number of aryl methyl sites for hydroxylation is 2. The van der Waals surface area contributed by atoms with E-state index in [2.05, 4.69) is 31.9 Å². The van der Waals surface area contributed by atoms with Crippen LogP contribution in [0, 0.1) is 13.8 Å². The molecule has 0 aliphatic rings. The summed E-state index contributed by atoms with van der Waals surface area (Å²) in [6, 6.07) is 11.9. The minimum atomic E-state index is 0.854. The monoisotopic (exact) mass is 354 g/mol. The number of ether oxygens (including phenoxy) is 1. The van der Waals surface area contributed by atoms with E-state index in [9.17, 15) is 0 Å². The molecule has 3 heteroatoms. The van der Waals surface area contributed by atoms with E-state index < -0.39 is 0 Å². The van der Waals surface area contributed by atoms with Gasteiger partial charge >= 0.3 is 0 Å². The molecule has 88 valence electrons. The van der Waals surface area contributed by atoms with E-state index in [-0.39, 0.29) is 0 Å². The Balaban J connectivity index is 2.25. The summed E-state index contributed by atoms with van der Waals surface area (Å²) in [6.07, 6.45) is 0. The fourth-order valence-corrected chi connectivity index (χ4v) is 1.99. The van der Waals surface area contributed by atoms with Crippen molar-refractivity contribution in [2.75, 3.05) is 0 Å². The van der Waals surface area contributed by atoms with Crippen molar-refractivity contribution in [3.8, 4) is 11.5 Å². The Hall–Kier alpha value is -0.800. The lowest BCUT2D eigenvalue weighted by atomic mass is 10.2. The van der Waals surface area contributed by atoms with Gasteiger partial charge in [0.2, 0.25) is 0 Å². The van der Waals surface area contributed by atoms with Gasteiger partial charge in [0.15, 0.2) is 0 Å². The summed E-state index contributed by atoms with van der Waals surface area (Å²) in [5, 5.41) is 0. The number of hydrogen-bond donors (Lipinski definition) is 0. The van der Waals surface area contributed by atoms with Crippen LogP contribution in [0.25, 0.3) is 0 Å². The van der Waals surface area contributed by atoms with Gasteiger partial charge in [0.05, 0.1) is 0 Å². The van der Waals surface area contributed by atoms with Crippen LogP contribution in [-0.2, 0) is 0 Å². The van der Waals surface area contributed by atoms with E-state index >= 15 is 0 Å². The van der Waals surface area contributed by atoms with Crippen LogP contribution in [-0.4, -0.2) is 0 Å². The molecule has 0 aliphatic heterocycles. The van der Waals surface area contributed by atoms with Crippen LogP contribution in [0.4, 0.5) is 0 Å². The first kappa shape index (κ1) is 12.7. The fourth-order valence-electron chi connectivity index (χ4n) is 1.50. The first-order valence-electron chi connectivity index (χ1n) is 5.26. The Morgan fingerprint density at radius 1 is 0.765 bits per heavy atom. The zero-order chi connectivity index (χ0) is 12.4. The predicted molar refractivity (Wildman–Crippen MR) is 77.8 cm³/mol. The Morgan fingerprint density at radius 2 is 1.18 bits per heavy atom. The topological polar surface area (TPSA) is 9.23 Å². The second kappa shape index (κ2) is 5.23. The maximum atomic E-state index is 5.81. The van der Waals surface area contributed by atoms with Crippen molar-refractivity contribution in [2.24, 2.45) is 0 Å². The van der Waals surface area contributed by atoms with Gasteiger partial charge < -0.3 is 4.74 Å². The lowest BCUT2D eigenvalue weighted by Gasteiger charge is -2.08. The largest absolute Gasteiger partial charge is 0.457 e. The highest BCUT2D eigenvalue weighted by atomic mass is 79.9. The molecule has 0 bridgehead atoms. The molecule has 0 saturated carbocycles. The summed E-state index contributed by atoms with van der Waals surface area (Å²) in [5.41, 5.74) is 2.33. The van der Waals surface area contributed by atoms with Gasteiger partial charge in [0, 0.05) is 8.95 Å². The maximum Gasteiger partial charge on any atom is 0.127 e. The van der Waals surface area contributed by atoms with Crippen molar-refractivity contribution < 1.29 is 4.74 Å². The van der Waals surface area contributed by atoms with Crippen molar-refractivity contribution in [1.82, 2.24) is 0 Å². The van der Waals surface area contributed by atoms with Crippen molar-refractivity contribution in [1.29, 1.82) is 0 Å². The van der Waals surface area contributed by atoms with Crippen molar-refractivity contribution in [3.05, 3.63) is 56.5 Å². The van der Waals surface area contributed by atoms with Crippen LogP contribution in [0.15, 0.2) is 45.3 Å². The van der Waals surface area contributed by atoms with Gasteiger partial charge in [-0.2, -0.15) is 0 Å². The van der Waals surface area contributed by atoms with E-state index in [0.717, 1.165) is 31.6 Å². The summed E-state index contributed by atoms with van der Waals surface area (Å²) in [5.74, 6) is 1.71. The molecule has 0 N–H and O–H groups in total. The molecule has 2 rings (SSSR count). The summed E-state index contributed by atoms with van der Waals surface area (Å²) < 4.78 is 8.00. The SMILES string of the molecule is Cc1cc(Oc2ccc(Br)c(C)c2)ccc1Br. The molecule has 0 amide bonds. The van der Waals surface area contributed by atoms with Crippen LogP contribution in [0.5, 0.6) is 11.5 Å². The number of rotatable bonds is 2. The third-order valence-electron chi connectivity index (χ3n) is 2.49. The minimum Gasteiger partial charge on any atom is -0.457 e. The van der Waals surface area contributed by atoms with Gasteiger partial charge in [-0.25, -0.2) is 0 Å². The fraction of sp³-hybridized carbons (Fsp3) is 0.143. The molecule has 0 fully saturated rings. The van der Waals surface area contributed by atoms with Gasteiger partial charge in [0.25, 0.3) is 0 Å². The van der Waals surface area contributed by atoms with Gasteiger partial charge in [-0.1, -0.05) is 31.9 Å². The highest BCUT2D eigenvalue weighted by molar-refractivity contribution is 9.10. The molecular formula is C14H12Br2O. The summed E-state index contributed by atoms with van der Waals surface area (Å²) in [6.45, 7) is 4.09. The first-order valence-corrected chi connectivity index (χ1v) is 6.85. The minimum absolute atomic E-state index is 0.854. The smallest absolute Gasteiger partial charge is 0.127 e. The standard InChI is InChI=1S/C14H12Br2O/c1-9-7-11(3-5-13(9)15)17-12-4-6-14(16)10(2)8-12/h3-8H,1-2H3. The Bertz CT molecular complexity index is 500. The highest BCUT2D eigenvalue weighted by Crippen LogP contribution is 2.28. The molecule has 0 unspecified atom stereocenters. The highest BCUT2D eigenvalue weighted by Gasteiger charge is 2.02. The quantitative estimate of drug-likeness (QED) is 0.679. The van der Waals surface area contributed by atoms with Crippen molar-refractivity contribution in [3.63, 3.8) is 0 Å². The molecule has 2 aromatic rings. The summed E-state index contributed by atoms with van der Waals surface area (Å²) >= 11 is 6.95. The lowest BCUT2D eigenvalue weighted by Crippen LogP contribution is -1.86. The zero-order valence-electron chi connectivity index (χ0n) is 9.63. The Morgan fingerprint density at radius 3 is 1.53 bits per heavy atom. The van der Waals surface area contributed by atoms with Crippen LogP contribution >= 0.6 is 31.9 Å². The zero-order valence-corrected chi connectivity index (χ0v) is 12.8. The van der Waals surface area contributed by atoms with E-state index in [1.54, 1.807) is 0 Å². The number of hydrogen-bond acceptors (Lipinski definition) is 1. The van der Waals surface area contributed by atoms with Crippen LogP contribution in [0.3, 0.4) is 0 Å². The van der Waals surface area contributed by atoms with Crippen LogP contribution in [0.2, 0.25) is 0 Å². The number of benzene rings is 2. The average Bonchev–Trinajstić information content (AvgIpc) is 2.29. The second-order valence-electron chi connectivity index (χ2n) is 3.92. The Kier molecular flexibility index (Phi) is 3.89. The summed E-state index contributed by atoms with van der Waals surface area (Å²) in [7, 11) is 0. The molecule has 0 aliphatic carbocycles. The van der Waals surface area contributed by atoms with Gasteiger partial charge in [0.1, 0.15) is 11.5 Å². The van der Waals surface area contributed by atoms with Gasteiger partial charge in [-0.15, -0.1) is 0 Å². The molecule has 0 heterocycles. The van der Waals surface area contributed by atoms with Crippen LogP contribution in [0.1, 0.15) is 11.1 Å². The lowest BCUT2D eigenvalue weighted by molar-refractivity contribution is 0.481. The van der Waals surface area contributed by atoms with Gasteiger partial charge in [-0.3, -0.25) is 0 Å². The van der Waals surface area contributed by atoms with E-state index in [4.69, 9.17) is 4.74 Å². The normalized spacial score (nSPS) is 10.4. The average molecular weight is 356 g/mol. The van der Waals surface area contributed by atoms with E-state index in [0.29, 0.717) is 0 Å². The third-order valence-corrected chi connectivity index (χ3v) is 4.27. The molecule has 0 radical (unpaired) electrons. The van der Waals surface area contributed by atoms with Gasteiger partial charge in [-0.05, 0) is 61.4 Å². The third kappa shape index (κ3) is 3.11. The Labute approximate surface area is 118 Å². The van der Waals surface area contributed by atoms with Crippen LogP contribution < -0.4 is 4.74 Å². The molecule has 0 atom stereocenters. The molecule has 1 nitrogen and oxygen atoms in total. The van der Waals surface area contributed by atoms with Crippen molar-refractivity contribution >= 4 is 31.9 Å².